The van der Waals surface area contributed by atoms with Crippen molar-refractivity contribution in [1.29, 1.82) is 0 Å². The largest absolute Gasteiger partial charge is 0.479 e. The average Bonchev–Trinajstić information content (AvgIpc) is 2.87. The molecule has 6 nitrogen and oxygen atoms in total. The van der Waals surface area contributed by atoms with Gasteiger partial charge in [-0.1, -0.05) is 6.07 Å². The molecule has 1 aromatic rings. The standard InChI is InChI=1S/C14H21N3O3S/c1-17(2)14(6-4-7-14)9-15-13(20)16-11(12(18)19)10-5-3-8-21-10/h3,5,8,11H,4,6-7,9H2,1-2H3,(H,18,19)(H2,15,16,20). The molecule has 1 aliphatic carbocycles. The van der Waals surface area contributed by atoms with Crippen molar-refractivity contribution < 1.29 is 14.7 Å². The summed E-state index contributed by atoms with van der Waals surface area (Å²) in [6, 6.07) is 2.03. The lowest BCUT2D eigenvalue weighted by Gasteiger charge is -2.47. The molecule has 3 N–H and O–H groups in total. The van der Waals surface area contributed by atoms with Crippen LogP contribution in [0.5, 0.6) is 0 Å². The van der Waals surface area contributed by atoms with Gasteiger partial charge in [-0.2, -0.15) is 0 Å². The Labute approximate surface area is 128 Å². The number of carboxylic acids is 1. The van der Waals surface area contributed by atoms with Gasteiger partial charge in [0.05, 0.1) is 0 Å². The van der Waals surface area contributed by atoms with Crippen molar-refractivity contribution in [2.45, 2.75) is 30.8 Å². The summed E-state index contributed by atoms with van der Waals surface area (Å²) in [5, 5.41) is 16.3. The van der Waals surface area contributed by atoms with Gasteiger partial charge in [0.1, 0.15) is 0 Å². The highest BCUT2D eigenvalue weighted by Crippen LogP contribution is 2.35. The Bertz CT molecular complexity index is 498. The fourth-order valence-electron chi connectivity index (χ4n) is 2.50. The lowest BCUT2D eigenvalue weighted by Crippen LogP contribution is -2.58. The quantitative estimate of drug-likeness (QED) is 0.746. The number of rotatable bonds is 6. The molecular formula is C14H21N3O3S. The van der Waals surface area contributed by atoms with Crippen molar-refractivity contribution in [3.05, 3.63) is 22.4 Å². The lowest BCUT2D eigenvalue weighted by atomic mass is 9.75. The zero-order valence-electron chi connectivity index (χ0n) is 12.3. The minimum absolute atomic E-state index is 0.0129. The fraction of sp³-hybridized carbons (Fsp3) is 0.571. The van der Waals surface area contributed by atoms with Crippen molar-refractivity contribution >= 4 is 23.3 Å². The van der Waals surface area contributed by atoms with Crippen LogP contribution in [0.25, 0.3) is 0 Å². The number of aliphatic carboxylic acids is 1. The molecule has 1 saturated carbocycles. The highest BCUT2D eigenvalue weighted by molar-refractivity contribution is 7.10. The van der Waals surface area contributed by atoms with Gasteiger partial charge in [0.2, 0.25) is 0 Å². The van der Waals surface area contributed by atoms with Gasteiger partial charge >= 0.3 is 12.0 Å². The summed E-state index contributed by atoms with van der Waals surface area (Å²) in [6.45, 7) is 0.530. The SMILES string of the molecule is CN(C)C1(CNC(=O)NC(C(=O)O)c2cccs2)CCC1. The van der Waals surface area contributed by atoms with Gasteiger partial charge < -0.3 is 20.6 Å². The summed E-state index contributed by atoms with van der Waals surface area (Å²) in [6.07, 6.45) is 3.26. The molecule has 2 rings (SSSR count). The van der Waals surface area contributed by atoms with E-state index in [1.54, 1.807) is 17.5 Å². The van der Waals surface area contributed by atoms with Crippen molar-refractivity contribution in [1.82, 2.24) is 15.5 Å². The predicted molar refractivity (Wildman–Crippen MR) is 81.5 cm³/mol. The number of carbonyl (C=O) groups is 2. The Balaban J connectivity index is 1.90. The topological polar surface area (TPSA) is 81.7 Å². The van der Waals surface area contributed by atoms with Crippen LogP contribution in [0.3, 0.4) is 0 Å². The molecule has 21 heavy (non-hydrogen) atoms. The van der Waals surface area contributed by atoms with Crippen LogP contribution in [0.1, 0.15) is 30.2 Å². The number of nitrogens with zero attached hydrogens (tertiary/aromatic N) is 1. The Hall–Kier alpha value is -1.60. The van der Waals surface area contributed by atoms with E-state index in [4.69, 9.17) is 0 Å². The number of amides is 2. The first-order chi connectivity index (χ1) is 9.94. The van der Waals surface area contributed by atoms with Crippen molar-refractivity contribution in [3.63, 3.8) is 0 Å². The Morgan fingerprint density at radius 2 is 2.19 bits per heavy atom. The van der Waals surface area contributed by atoms with Crippen LogP contribution in [-0.2, 0) is 4.79 Å². The van der Waals surface area contributed by atoms with Crippen LogP contribution >= 0.6 is 11.3 Å². The highest BCUT2D eigenvalue weighted by Gasteiger charge is 2.39. The molecule has 0 aromatic carbocycles. The average molecular weight is 311 g/mol. The molecule has 7 heteroatoms. The van der Waals surface area contributed by atoms with Gasteiger partial charge in [0.25, 0.3) is 0 Å². The maximum Gasteiger partial charge on any atom is 0.331 e. The normalized spacial score (nSPS) is 17.9. The third kappa shape index (κ3) is 3.54. The Morgan fingerprint density at radius 3 is 2.62 bits per heavy atom. The van der Waals surface area contributed by atoms with E-state index in [0.29, 0.717) is 11.4 Å². The van der Waals surface area contributed by atoms with E-state index >= 15 is 0 Å². The monoisotopic (exact) mass is 311 g/mol. The molecule has 0 bridgehead atoms. The van der Waals surface area contributed by atoms with Gasteiger partial charge in [-0.05, 0) is 44.8 Å². The zero-order chi connectivity index (χ0) is 15.5. The van der Waals surface area contributed by atoms with E-state index in [1.807, 2.05) is 14.1 Å². The molecule has 0 saturated heterocycles. The summed E-state index contributed by atoms with van der Waals surface area (Å²) < 4.78 is 0. The van der Waals surface area contributed by atoms with E-state index in [0.717, 1.165) is 19.3 Å². The molecule has 116 valence electrons. The summed E-state index contributed by atoms with van der Waals surface area (Å²) in [5.74, 6) is -1.06. The number of nitrogens with one attached hydrogen (secondary N) is 2. The van der Waals surface area contributed by atoms with Crippen LogP contribution in [-0.4, -0.2) is 48.2 Å². The van der Waals surface area contributed by atoms with Crippen molar-refractivity contribution in [3.8, 4) is 0 Å². The van der Waals surface area contributed by atoms with Crippen LogP contribution in [0, 0.1) is 0 Å². The lowest BCUT2D eigenvalue weighted by molar-refractivity contribution is -0.139. The maximum atomic E-state index is 12.0. The number of urea groups is 1. The van der Waals surface area contributed by atoms with Crippen LogP contribution in [0.15, 0.2) is 17.5 Å². The number of carboxylic acid groups (broad SMARTS) is 1. The first kappa shape index (κ1) is 15.8. The second-order valence-corrected chi connectivity index (χ2v) is 6.57. The summed E-state index contributed by atoms with van der Waals surface area (Å²) >= 11 is 1.31. The molecule has 1 aliphatic rings. The van der Waals surface area contributed by atoms with Crippen LogP contribution in [0.2, 0.25) is 0 Å². The number of carbonyl (C=O) groups excluding carboxylic acids is 1. The van der Waals surface area contributed by atoms with Gasteiger partial charge in [-0.25, -0.2) is 9.59 Å². The molecular weight excluding hydrogens is 290 g/mol. The molecule has 0 aliphatic heterocycles. The molecule has 0 spiro atoms. The maximum absolute atomic E-state index is 12.0. The van der Waals surface area contributed by atoms with Gasteiger partial charge in [0, 0.05) is 17.0 Å². The van der Waals surface area contributed by atoms with E-state index in [2.05, 4.69) is 15.5 Å². The molecule has 1 unspecified atom stereocenters. The Morgan fingerprint density at radius 1 is 1.48 bits per heavy atom. The summed E-state index contributed by atoms with van der Waals surface area (Å²) in [7, 11) is 4.01. The van der Waals surface area contributed by atoms with Gasteiger partial charge in [-0.15, -0.1) is 11.3 Å². The first-order valence-electron chi connectivity index (χ1n) is 6.93. The zero-order valence-corrected chi connectivity index (χ0v) is 13.1. The molecule has 1 aromatic heterocycles. The van der Waals surface area contributed by atoms with E-state index in [9.17, 15) is 14.7 Å². The molecule has 2 amide bonds. The highest BCUT2D eigenvalue weighted by atomic mass is 32.1. The second kappa shape index (κ2) is 6.44. The number of likely N-dealkylation sites (N-methyl/N-ethyl adjacent to an activating group) is 1. The number of thiophene rings is 1. The number of hydrogen-bond donors (Lipinski definition) is 3. The minimum Gasteiger partial charge on any atom is -0.479 e. The van der Waals surface area contributed by atoms with E-state index < -0.39 is 18.0 Å². The third-order valence-corrected chi connectivity index (χ3v) is 5.10. The molecule has 1 fully saturated rings. The summed E-state index contributed by atoms with van der Waals surface area (Å²) in [5.41, 5.74) is 0.0129. The van der Waals surface area contributed by atoms with E-state index in [1.165, 1.54) is 11.3 Å². The smallest absolute Gasteiger partial charge is 0.331 e. The fourth-order valence-corrected chi connectivity index (χ4v) is 3.27. The summed E-state index contributed by atoms with van der Waals surface area (Å²) in [4.78, 5) is 26.0. The van der Waals surface area contributed by atoms with Gasteiger partial charge in [0.15, 0.2) is 6.04 Å². The predicted octanol–water partition coefficient (Wildman–Crippen LogP) is 1.66. The van der Waals surface area contributed by atoms with Crippen molar-refractivity contribution in [2.24, 2.45) is 0 Å². The van der Waals surface area contributed by atoms with Crippen molar-refractivity contribution in [2.75, 3.05) is 20.6 Å². The first-order valence-corrected chi connectivity index (χ1v) is 7.80. The van der Waals surface area contributed by atoms with Gasteiger partial charge in [-0.3, -0.25) is 0 Å². The molecule has 0 radical (unpaired) electrons. The third-order valence-electron chi connectivity index (χ3n) is 4.16. The molecule has 1 heterocycles. The number of hydrogen-bond acceptors (Lipinski definition) is 4. The Kier molecular flexibility index (Phi) is 4.84. The van der Waals surface area contributed by atoms with Crippen LogP contribution < -0.4 is 10.6 Å². The minimum atomic E-state index is -1.06. The second-order valence-electron chi connectivity index (χ2n) is 5.59. The van der Waals surface area contributed by atoms with E-state index in [-0.39, 0.29) is 5.54 Å². The van der Waals surface area contributed by atoms with Crippen LogP contribution in [0.4, 0.5) is 4.79 Å². The molecule has 1 atom stereocenters.